The molecule has 0 aromatic heterocycles. The molecule has 26 heavy (non-hydrogen) atoms. The van der Waals surface area contributed by atoms with Crippen LogP contribution in [0, 0.1) is 0 Å². The number of β-lactam (4-membered cyclic amide) rings is 1. The molecule has 0 saturated carbocycles. The van der Waals surface area contributed by atoms with E-state index in [1.54, 1.807) is 30.3 Å². The van der Waals surface area contributed by atoms with Crippen molar-refractivity contribution in [2.75, 3.05) is 0 Å². The number of esters is 1. The van der Waals surface area contributed by atoms with E-state index in [-0.39, 0.29) is 5.56 Å². The van der Waals surface area contributed by atoms with Gasteiger partial charge in [0.25, 0.3) is 5.91 Å². The second-order valence-corrected chi connectivity index (χ2v) is 6.68. The minimum Gasteiger partial charge on any atom is -0.450 e. The molecule has 4 nitrogen and oxygen atoms in total. The highest BCUT2D eigenvalue weighted by Gasteiger charge is 2.53. The van der Waals surface area contributed by atoms with Crippen LogP contribution in [-0.2, 0) is 20.5 Å². The standard InChI is InChI=1S/C18H14F3NO3S/c1-11(23)25-16-15(13-9-5-6-10-14(13)18(19,20)21)22(17(16)24)26-12-7-3-2-4-8-12/h2-10,15-16H,1H3/t15-,16-/m0/s1. The van der Waals surface area contributed by atoms with Gasteiger partial charge in [0, 0.05) is 11.8 Å². The molecule has 1 heterocycles. The molecule has 2 aromatic carbocycles. The minimum atomic E-state index is -4.58. The summed E-state index contributed by atoms with van der Waals surface area (Å²) in [4.78, 5) is 24.4. The van der Waals surface area contributed by atoms with Crippen molar-refractivity contribution in [3.8, 4) is 0 Å². The van der Waals surface area contributed by atoms with E-state index in [0.29, 0.717) is 4.90 Å². The molecule has 2 atom stereocenters. The molecule has 8 heteroatoms. The number of halogens is 3. The summed E-state index contributed by atoms with van der Waals surface area (Å²) in [5.41, 5.74) is -0.956. The summed E-state index contributed by atoms with van der Waals surface area (Å²) in [5, 5.41) is 0. The van der Waals surface area contributed by atoms with Gasteiger partial charge in [-0.3, -0.25) is 13.9 Å². The average Bonchev–Trinajstić information content (AvgIpc) is 2.60. The van der Waals surface area contributed by atoms with Gasteiger partial charge in [-0.2, -0.15) is 13.2 Å². The number of amides is 1. The van der Waals surface area contributed by atoms with Gasteiger partial charge in [0.05, 0.1) is 5.56 Å². The molecule has 0 spiro atoms. The summed E-state index contributed by atoms with van der Waals surface area (Å²) in [6, 6.07) is 12.8. The number of ether oxygens (including phenoxy) is 1. The van der Waals surface area contributed by atoms with Gasteiger partial charge in [0.15, 0.2) is 0 Å². The monoisotopic (exact) mass is 381 g/mol. The lowest BCUT2D eigenvalue weighted by Gasteiger charge is -2.45. The molecular formula is C18H14F3NO3S. The van der Waals surface area contributed by atoms with E-state index < -0.39 is 35.8 Å². The summed E-state index contributed by atoms with van der Waals surface area (Å²) in [7, 11) is 0. The maximum absolute atomic E-state index is 13.4. The first-order valence-corrected chi connectivity index (χ1v) is 8.46. The lowest BCUT2D eigenvalue weighted by Crippen LogP contribution is -2.57. The predicted octanol–water partition coefficient (Wildman–Crippen LogP) is 4.23. The number of carbonyl (C=O) groups excluding carboxylic acids is 2. The van der Waals surface area contributed by atoms with E-state index in [1.165, 1.54) is 22.5 Å². The van der Waals surface area contributed by atoms with Crippen LogP contribution in [0.2, 0.25) is 0 Å². The van der Waals surface area contributed by atoms with Gasteiger partial charge in [0.2, 0.25) is 6.10 Å². The molecule has 1 amide bonds. The Hall–Kier alpha value is -2.48. The largest absolute Gasteiger partial charge is 0.450 e. The number of benzene rings is 2. The van der Waals surface area contributed by atoms with Crippen molar-refractivity contribution in [2.24, 2.45) is 0 Å². The Morgan fingerprint density at radius 2 is 1.69 bits per heavy atom. The summed E-state index contributed by atoms with van der Waals surface area (Å²) in [5.74, 6) is -1.27. The third-order valence-electron chi connectivity index (χ3n) is 3.82. The highest BCUT2D eigenvalue weighted by Crippen LogP contribution is 2.47. The van der Waals surface area contributed by atoms with E-state index in [2.05, 4.69) is 0 Å². The van der Waals surface area contributed by atoms with E-state index in [9.17, 15) is 22.8 Å². The number of hydrogen-bond donors (Lipinski definition) is 0. The van der Waals surface area contributed by atoms with Crippen LogP contribution >= 0.6 is 11.9 Å². The van der Waals surface area contributed by atoms with E-state index >= 15 is 0 Å². The van der Waals surface area contributed by atoms with Crippen molar-refractivity contribution in [1.29, 1.82) is 0 Å². The van der Waals surface area contributed by atoms with Crippen LogP contribution in [0.5, 0.6) is 0 Å². The van der Waals surface area contributed by atoms with E-state index in [1.807, 2.05) is 0 Å². The fraction of sp³-hybridized carbons (Fsp3) is 0.222. The van der Waals surface area contributed by atoms with Gasteiger partial charge in [-0.1, -0.05) is 36.4 Å². The van der Waals surface area contributed by atoms with Crippen LogP contribution in [-0.4, -0.2) is 22.3 Å². The second-order valence-electron chi connectivity index (χ2n) is 5.63. The number of hydrogen-bond acceptors (Lipinski definition) is 4. The normalized spacial score (nSPS) is 19.8. The quantitative estimate of drug-likeness (QED) is 0.452. The Bertz CT molecular complexity index is 826. The Morgan fingerprint density at radius 3 is 2.31 bits per heavy atom. The van der Waals surface area contributed by atoms with Crippen LogP contribution in [0.3, 0.4) is 0 Å². The Kier molecular flexibility index (Phi) is 4.95. The lowest BCUT2D eigenvalue weighted by molar-refractivity contribution is -0.174. The van der Waals surface area contributed by atoms with Gasteiger partial charge >= 0.3 is 12.1 Å². The molecule has 136 valence electrons. The third-order valence-corrected chi connectivity index (χ3v) is 4.91. The SMILES string of the molecule is CC(=O)O[C@@H]1C(=O)N(Sc2ccccc2)[C@H]1c1ccccc1C(F)(F)F. The van der Waals surface area contributed by atoms with Crippen LogP contribution < -0.4 is 0 Å². The van der Waals surface area contributed by atoms with Gasteiger partial charge < -0.3 is 4.74 Å². The molecule has 0 unspecified atom stereocenters. The summed E-state index contributed by atoms with van der Waals surface area (Å²) in [6.45, 7) is 1.12. The summed E-state index contributed by atoms with van der Waals surface area (Å²) >= 11 is 1.02. The lowest BCUT2D eigenvalue weighted by atomic mass is 9.90. The van der Waals surface area contributed by atoms with Gasteiger partial charge in [-0.15, -0.1) is 0 Å². The molecule has 1 aliphatic heterocycles. The fourth-order valence-electron chi connectivity index (χ4n) is 2.73. The van der Waals surface area contributed by atoms with E-state index in [0.717, 1.165) is 24.9 Å². The fourth-order valence-corrected chi connectivity index (χ4v) is 3.77. The molecule has 0 N–H and O–H groups in total. The number of carbonyl (C=O) groups is 2. The van der Waals surface area contributed by atoms with Crippen molar-refractivity contribution >= 4 is 23.8 Å². The Labute approximate surface area is 152 Å². The van der Waals surface area contributed by atoms with Crippen LogP contribution in [0.1, 0.15) is 24.1 Å². The molecule has 3 rings (SSSR count). The van der Waals surface area contributed by atoms with Crippen molar-refractivity contribution in [2.45, 2.75) is 30.1 Å². The molecule has 2 aromatic rings. The second kappa shape index (κ2) is 7.03. The molecule has 1 aliphatic rings. The molecule has 1 saturated heterocycles. The zero-order chi connectivity index (χ0) is 18.9. The van der Waals surface area contributed by atoms with E-state index in [4.69, 9.17) is 4.74 Å². The van der Waals surface area contributed by atoms with Gasteiger partial charge in [-0.25, -0.2) is 0 Å². The molecule has 0 radical (unpaired) electrons. The molecular weight excluding hydrogens is 367 g/mol. The zero-order valence-corrected chi connectivity index (χ0v) is 14.4. The van der Waals surface area contributed by atoms with Crippen molar-refractivity contribution in [1.82, 2.24) is 4.31 Å². The first kappa shape index (κ1) is 18.3. The maximum Gasteiger partial charge on any atom is 0.416 e. The summed E-state index contributed by atoms with van der Waals surface area (Å²) in [6.07, 6.45) is -5.86. The topological polar surface area (TPSA) is 46.6 Å². The third kappa shape index (κ3) is 3.55. The first-order chi connectivity index (χ1) is 12.3. The number of rotatable bonds is 4. The Morgan fingerprint density at radius 1 is 1.08 bits per heavy atom. The van der Waals surface area contributed by atoms with Gasteiger partial charge in [-0.05, 0) is 35.7 Å². The Balaban J connectivity index is 1.99. The zero-order valence-electron chi connectivity index (χ0n) is 13.6. The summed E-state index contributed by atoms with van der Waals surface area (Å²) < 4.78 is 46.4. The maximum atomic E-state index is 13.4. The number of nitrogens with zero attached hydrogens (tertiary/aromatic N) is 1. The van der Waals surface area contributed by atoms with Crippen molar-refractivity contribution in [3.63, 3.8) is 0 Å². The molecule has 0 aliphatic carbocycles. The van der Waals surface area contributed by atoms with Crippen LogP contribution in [0.25, 0.3) is 0 Å². The number of alkyl halides is 3. The average molecular weight is 381 g/mol. The van der Waals surface area contributed by atoms with Crippen molar-refractivity contribution < 1.29 is 27.5 Å². The molecule has 0 bridgehead atoms. The highest BCUT2D eigenvalue weighted by atomic mass is 32.2. The first-order valence-electron chi connectivity index (χ1n) is 7.68. The van der Waals surface area contributed by atoms with Gasteiger partial charge in [0.1, 0.15) is 6.04 Å². The van der Waals surface area contributed by atoms with Crippen LogP contribution in [0.4, 0.5) is 13.2 Å². The van der Waals surface area contributed by atoms with Crippen LogP contribution in [0.15, 0.2) is 59.5 Å². The minimum absolute atomic E-state index is 0.103. The smallest absolute Gasteiger partial charge is 0.416 e. The molecule has 1 fully saturated rings. The predicted molar refractivity (Wildman–Crippen MR) is 88.9 cm³/mol. The van der Waals surface area contributed by atoms with Crippen molar-refractivity contribution in [3.05, 3.63) is 65.7 Å². The highest BCUT2D eigenvalue weighted by molar-refractivity contribution is 7.97.